The van der Waals surface area contributed by atoms with Gasteiger partial charge in [-0.25, -0.2) is 0 Å². The van der Waals surface area contributed by atoms with Gasteiger partial charge >= 0.3 is 5.97 Å². The first-order valence-electron chi connectivity index (χ1n) is 8.42. The van der Waals surface area contributed by atoms with Crippen molar-refractivity contribution in [3.63, 3.8) is 0 Å². The Hall–Kier alpha value is -0.585. The molecular formula is C15H30BN3O2. The third-order valence-electron chi connectivity index (χ3n) is 5.39. The number of likely N-dealkylation sites (tertiary alicyclic amines) is 2. The number of nitrogens with two attached hydrogens (primary N) is 1. The van der Waals surface area contributed by atoms with Crippen molar-refractivity contribution >= 4 is 13.8 Å². The highest BCUT2D eigenvalue weighted by Gasteiger charge is 2.49. The number of aliphatic carboxylic acids is 1. The number of rotatable bonds is 6. The van der Waals surface area contributed by atoms with Crippen LogP contribution in [0.2, 0.25) is 6.32 Å². The molecule has 6 heteroatoms. The predicted molar refractivity (Wildman–Crippen MR) is 87.3 cm³/mol. The zero-order chi connectivity index (χ0) is 15.5. The molecule has 0 aromatic heterocycles. The highest BCUT2D eigenvalue weighted by molar-refractivity contribution is 6.08. The fraction of sp³-hybridized carbons (Fsp3) is 0.933. The van der Waals surface area contributed by atoms with Crippen molar-refractivity contribution in [1.29, 1.82) is 0 Å². The van der Waals surface area contributed by atoms with E-state index in [1.54, 1.807) is 0 Å². The molecule has 0 aromatic carbocycles. The van der Waals surface area contributed by atoms with Crippen LogP contribution in [0.25, 0.3) is 0 Å². The average molecular weight is 295 g/mol. The van der Waals surface area contributed by atoms with Gasteiger partial charge in [0.25, 0.3) is 0 Å². The second-order valence-corrected chi connectivity index (χ2v) is 7.01. The Balaban J connectivity index is 1.97. The highest BCUT2D eigenvalue weighted by atomic mass is 16.4. The number of piperidine rings is 1. The van der Waals surface area contributed by atoms with Crippen molar-refractivity contribution in [2.24, 2.45) is 11.7 Å². The SMILES string of the molecule is BCCC[C@H]1CN(CC2CCCCN2C)C[C@@]1(N)C(=O)O. The summed E-state index contributed by atoms with van der Waals surface area (Å²) in [5.74, 6) is -0.744. The second kappa shape index (κ2) is 7.12. The van der Waals surface area contributed by atoms with E-state index in [0.717, 1.165) is 38.8 Å². The van der Waals surface area contributed by atoms with Gasteiger partial charge in [0, 0.05) is 31.6 Å². The van der Waals surface area contributed by atoms with Gasteiger partial charge in [0.15, 0.2) is 0 Å². The quantitative estimate of drug-likeness (QED) is 0.676. The smallest absolute Gasteiger partial charge is 0.325 e. The molecule has 0 aromatic rings. The van der Waals surface area contributed by atoms with Crippen molar-refractivity contribution in [1.82, 2.24) is 9.80 Å². The van der Waals surface area contributed by atoms with E-state index in [1.807, 2.05) is 0 Å². The van der Waals surface area contributed by atoms with Crippen LogP contribution in [-0.4, -0.2) is 73.5 Å². The van der Waals surface area contributed by atoms with Crippen LogP contribution in [-0.2, 0) is 4.79 Å². The van der Waals surface area contributed by atoms with Gasteiger partial charge in [-0.15, -0.1) is 0 Å². The number of carbonyl (C=O) groups is 1. The Kier molecular flexibility index (Phi) is 5.69. The molecule has 0 spiro atoms. The third-order valence-corrected chi connectivity index (χ3v) is 5.39. The van der Waals surface area contributed by atoms with Crippen molar-refractivity contribution in [3.05, 3.63) is 0 Å². The topological polar surface area (TPSA) is 69.8 Å². The van der Waals surface area contributed by atoms with E-state index < -0.39 is 11.5 Å². The number of hydrogen-bond acceptors (Lipinski definition) is 4. The van der Waals surface area contributed by atoms with E-state index in [0.29, 0.717) is 12.6 Å². The monoisotopic (exact) mass is 295 g/mol. The van der Waals surface area contributed by atoms with Crippen LogP contribution in [0.4, 0.5) is 0 Å². The van der Waals surface area contributed by atoms with E-state index in [2.05, 4.69) is 24.7 Å². The first-order valence-corrected chi connectivity index (χ1v) is 8.42. The maximum atomic E-state index is 11.6. The van der Waals surface area contributed by atoms with Crippen LogP contribution in [0.1, 0.15) is 32.1 Å². The molecule has 2 saturated heterocycles. The maximum Gasteiger partial charge on any atom is 0.325 e. The van der Waals surface area contributed by atoms with Crippen molar-refractivity contribution < 1.29 is 9.90 Å². The minimum absolute atomic E-state index is 0.0869. The molecule has 0 bridgehead atoms. The summed E-state index contributed by atoms with van der Waals surface area (Å²) in [5.41, 5.74) is 5.21. The molecule has 5 nitrogen and oxygen atoms in total. The molecule has 0 amide bonds. The molecule has 120 valence electrons. The predicted octanol–water partition coefficient (Wildman–Crippen LogP) is 0.0162. The van der Waals surface area contributed by atoms with Crippen molar-refractivity contribution in [2.75, 3.05) is 33.2 Å². The fourth-order valence-electron chi connectivity index (χ4n) is 3.89. The van der Waals surface area contributed by atoms with Crippen LogP contribution in [0.3, 0.4) is 0 Å². The Morgan fingerprint density at radius 2 is 2.24 bits per heavy atom. The van der Waals surface area contributed by atoms with E-state index >= 15 is 0 Å². The summed E-state index contributed by atoms with van der Waals surface area (Å²) in [5, 5.41) is 9.56. The summed E-state index contributed by atoms with van der Waals surface area (Å²) in [6, 6.07) is 0.557. The van der Waals surface area contributed by atoms with Crippen LogP contribution >= 0.6 is 0 Å². The van der Waals surface area contributed by atoms with E-state index in [1.165, 1.54) is 19.3 Å². The number of carboxylic acid groups (broad SMARTS) is 1. The van der Waals surface area contributed by atoms with E-state index in [4.69, 9.17) is 5.73 Å². The third kappa shape index (κ3) is 3.79. The lowest BCUT2D eigenvalue weighted by atomic mass is 9.83. The minimum atomic E-state index is -1.05. The molecule has 3 N–H and O–H groups in total. The Bertz CT molecular complexity index is 369. The number of hydrogen-bond donors (Lipinski definition) is 2. The summed E-state index contributed by atoms with van der Waals surface area (Å²) in [7, 11) is 4.32. The van der Waals surface area contributed by atoms with Gasteiger partial charge in [0.1, 0.15) is 13.4 Å². The normalized spacial score (nSPS) is 35.1. The summed E-state index contributed by atoms with van der Waals surface area (Å²) >= 11 is 0. The molecule has 3 atom stereocenters. The molecule has 0 aliphatic carbocycles. The van der Waals surface area contributed by atoms with Crippen LogP contribution in [0, 0.1) is 5.92 Å². The molecule has 2 rings (SSSR count). The first-order chi connectivity index (χ1) is 9.97. The molecule has 0 radical (unpaired) electrons. The van der Waals surface area contributed by atoms with Gasteiger partial charge in [-0.2, -0.15) is 0 Å². The van der Waals surface area contributed by atoms with Crippen LogP contribution < -0.4 is 5.73 Å². The lowest BCUT2D eigenvalue weighted by molar-refractivity contribution is -0.144. The van der Waals surface area contributed by atoms with Gasteiger partial charge in [-0.05, 0) is 32.9 Å². The summed E-state index contributed by atoms with van der Waals surface area (Å²) in [6.45, 7) is 3.46. The standard InChI is InChI=1S/C15H30BN3O2/c1-18-8-3-2-6-13(18)10-19-9-12(5-4-7-16)15(17,11-19)14(20)21/h12-13H,2-11,16-17H2,1H3,(H,20,21)/t12-,13?,15-/m0/s1. The molecule has 2 aliphatic rings. The van der Waals surface area contributed by atoms with Gasteiger partial charge < -0.3 is 15.7 Å². The fourth-order valence-corrected chi connectivity index (χ4v) is 3.89. The Morgan fingerprint density at radius 3 is 2.86 bits per heavy atom. The molecule has 1 unspecified atom stereocenters. The lowest BCUT2D eigenvalue weighted by Gasteiger charge is -2.35. The number of likely N-dealkylation sites (N-methyl/N-ethyl adjacent to an activating group) is 1. The summed E-state index contributed by atoms with van der Waals surface area (Å²) < 4.78 is 0. The Labute approximate surface area is 129 Å². The largest absolute Gasteiger partial charge is 0.480 e. The maximum absolute atomic E-state index is 11.6. The van der Waals surface area contributed by atoms with Gasteiger partial charge in [0.2, 0.25) is 0 Å². The van der Waals surface area contributed by atoms with Gasteiger partial charge in [0.05, 0.1) is 0 Å². The zero-order valence-electron chi connectivity index (χ0n) is 13.6. The van der Waals surface area contributed by atoms with E-state index in [-0.39, 0.29) is 5.92 Å². The molecular weight excluding hydrogens is 265 g/mol. The molecule has 21 heavy (non-hydrogen) atoms. The van der Waals surface area contributed by atoms with Crippen molar-refractivity contribution in [2.45, 2.75) is 50.0 Å². The van der Waals surface area contributed by atoms with Gasteiger partial charge in [-0.3, -0.25) is 9.69 Å². The number of nitrogens with zero attached hydrogens (tertiary/aromatic N) is 2. The lowest BCUT2D eigenvalue weighted by Crippen LogP contribution is -2.55. The molecule has 2 aliphatic heterocycles. The highest BCUT2D eigenvalue weighted by Crippen LogP contribution is 2.31. The second-order valence-electron chi connectivity index (χ2n) is 7.01. The molecule has 2 heterocycles. The zero-order valence-corrected chi connectivity index (χ0v) is 13.6. The summed E-state index contributed by atoms with van der Waals surface area (Å²) in [4.78, 5) is 16.3. The minimum Gasteiger partial charge on any atom is -0.480 e. The van der Waals surface area contributed by atoms with Crippen LogP contribution in [0.5, 0.6) is 0 Å². The number of carboxylic acids is 1. The van der Waals surface area contributed by atoms with Gasteiger partial charge in [-0.1, -0.05) is 19.2 Å². The van der Waals surface area contributed by atoms with E-state index in [9.17, 15) is 9.90 Å². The van der Waals surface area contributed by atoms with Crippen molar-refractivity contribution in [3.8, 4) is 0 Å². The summed E-state index contributed by atoms with van der Waals surface area (Å²) in [6.07, 6.45) is 6.87. The molecule has 2 fully saturated rings. The van der Waals surface area contributed by atoms with Crippen LogP contribution in [0.15, 0.2) is 0 Å². The average Bonchev–Trinajstić information content (AvgIpc) is 2.77. The Morgan fingerprint density at radius 1 is 1.48 bits per heavy atom. The molecule has 0 saturated carbocycles. The first kappa shape index (κ1) is 16.8.